The summed E-state index contributed by atoms with van der Waals surface area (Å²) >= 11 is 12.2. The highest BCUT2D eigenvalue weighted by Crippen LogP contribution is 2.27. The number of nitrogens with one attached hydrogen (secondary N) is 1. The van der Waals surface area contributed by atoms with Crippen molar-refractivity contribution in [2.75, 3.05) is 20.3 Å². The van der Waals surface area contributed by atoms with E-state index in [9.17, 15) is 13.2 Å². The maximum atomic E-state index is 13.3. The van der Waals surface area contributed by atoms with Crippen molar-refractivity contribution >= 4 is 45.3 Å². The average Bonchev–Trinajstić information content (AvgIpc) is 2.86. The Morgan fingerprint density at radius 1 is 1.06 bits per heavy atom. The molecule has 0 radical (unpaired) electrons. The monoisotopic (exact) mass is 549 g/mol. The molecule has 190 valence electrons. The second kappa shape index (κ2) is 12.7. The first-order valence-corrected chi connectivity index (χ1v) is 13.1. The number of hydrogen-bond donors (Lipinski definition) is 1. The number of hydrazone groups is 1. The molecule has 0 saturated carbocycles. The van der Waals surface area contributed by atoms with E-state index in [1.165, 1.54) is 37.6 Å². The number of benzene rings is 3. The van der Waals surface area contributed by atoms with Crippen molar-refractivity contribution in [2.24, 2.45) is 5.10 Å². The Morgan fingerprint density at radius 2 is 1.78 bits per heavy atom. The number of hydrogen-bond acceptors (Lipinski definition) is 6. The Hall–Kier alpha value is -3.11. The Balaban J connectivity index is 1.78. The third-order valence-electron chi connectivity index (χ3n) is 4.97. The lowest BCUT2D eigenvalue weighted by molar-refractivity contribution is -0.121. The van der Waals surface area contributed by atoms with Crippen LogP contribution in [-0.4, -0.2) is 45.1 Å². The lowest BCUT2D eigenvalue weighted by atomic mass is 10.2. The van der Waals surface area contributed by atoms with Gasteiger partial charge in [0, 0.05) is 16.6 Å². The van der Waals surface area contributed by atoms with E-state index in [1.807, 2.05) is 6.92 Å². The van der Waals surface area contributed by atoms with E-state index in [0.717, 1.165) is 4.31 Å². The molecule has 0 atom stereocenters. The summed E-state index contributed by atoms with van der Waals surface area (Å²) in [7, 11) is -2.53. The van der Waals surface area contributed by atoms with Crippen LogP contribution in [0.5, 0.6) is 11.5 Å². The maximum absolute atomic E-state index is 13.3. The maximum Gasteiger partial charge on any atom is 0.255 e. The van der Waals surface area contributed by atoms with Crippen LogP contribution in [0, 0.1) is 0 Å². The second-order valence-electron chi connectivity index (χ2n) is 7.45. The molecule has 1 N–H and O–H groups in total. The number of sulfonamides is 1. The van der Waals surface area contributed by atoms with E-state index in [2.05, 4.69) is 10.5 Å². The number of carbonyl (C=O) groups excluding carboxylic acids is 1. The van der Waals surface area contributed by atoms with Gasteiger partial charge in [-0.1, -0.05) is 41.4 Å². The van der Waals surface area contributed by atoms with Gasteiger partial charge < -0.3 is 9.47 Å². The molecule has 3 aromatic rings. The highest BCUT2D eigenvalue weighted by Gasteiger charge is 2.27. The molecule has 0 fully saturated rings. The summed E-state index contributed by atoms with van der Waals surface area (Å²) in [5.74, 6) is 0.477. The minimum Gasteiger partial charge on any atom is -0.493 e. The van der Waals surface area contributed by atoms with Crippen LogP contribution in [0.4, 0.5) is 0 Å². The molecule has 0 aliphatic carbocycles. The number of amides is 1. The van der Waals surface area contributed by atoms with Crippen molar-refractivity contribution in [1.82, 2.24) is 9.73 Å². The van der Waals surface area contributed by atoms with Gasteiger partial charge in [0.15, 0.2) is 11.5 Å². The van der Waals surface area contributed by atoms with Gasteiger partial charge in [0.2, 0.25) is 10.0 Å². The summed E-state index contributed by atoms with van der Waals surface area (Å²) in [6.45, 7) is 1.76. The highest BCUT2D eigenvalue weighted by molar-refractivity contribution is 7.89. The Bertz CT molecular complexity index is 1330. The van der Waals surface area contributed by atoms with Crippen LogP contribution in [-0.2, 0) is 21.4 Å². The topological polar surface area (TPSA) is 97.3 Å². The van der Waals surface area contributed by atoms with Gasteiger partial charge >= 0.3 is 0 Å². The zero-order valence-electron chi connectivity index (χ0n) is 19.6. The van der Waals surface area contributed by atoms with E-state index in [4.69, 9.17) is 32.7 Å². The third-order valence-corrected chi connectivity index (χ3v) is 7.39. The minimum atomic E-state index is -4.05. The minimum absolute atomic E-state index is 0.00302. The largest absolute Gasteiger partial charge is 0.493 e. The molecule has 0 heterocycles. The van der Waals surface area contributed by atoms with Crippen molar-refractivity contribution in [1.29, 1.82) is 0 Å². The summed E-state index contributed by atoms with van der Waals surface area (Å²) in [6, 6.07) is 17.7. The van der Waals surface area contributed by atoms with Crippen molar-refractivity contribution in [3.63, 3.8) is 0 Å². The van der Waals surface area contributed by atoms with Gasteiger partial charge in [0.05, 0.1) is 31.4 Å². The lowest BCUT2D eigenvalue weighted by Gasteiger charge is -2.22. The molecular weight excluding hydrogens is 525 g/mol. The highest BCUT2D eigenvalue weighted by atomic mass is 35.5. The molecule has 0 bridgehead atoms. The van der Waals surface area contributed by atoms with Gasteiger partial charge in [0.1, 0.15) is 0 Å². The van der Waals surface area contributed by atoms with Gasteiger partial charge in [0.25, 0.3) is 5.91 Å². The number of carbonyl (C=O) groups is 1. The molecule has 0 unspecified atom stereocenters. The van der Waals surface area contributed by atoms with Crippen LogP contribution >= 0.6 is 23.2 Å². The van der Waals surface area contributed by atoms with Crippen LogP contribution < -0.4 is 14.9 Å². The van der Waals surface area contributed by atoms with Gasteiger partial charge in [-0.15, -0.1) is 0 Å². The van der Waals surface area contributed by atoms with Gasteiger partial charge in [-0.25, -0.2) is 13.8 Å². The molecule has 36 heavy (non-hydrogen) atoms. The van der Waals surface area contributed by atoms with E-state index < -0.39 is 22.5 Å². The van der Waals surface area contributed by atoms with Gasteiger partial charge in [-0.05, 0) is 66.6 Å². The normalized spacial score (nSPS) is 11.6. The summed E-state index contributed by atoms with van der Waals surface area (Å²) in [4.78, 5) is 12.7. The van der Waals surface area contributed by atoms with Crippen LogP contribution in [0.15, 0.2) is 76.7 Å². The molecule has 0 aromatic heterocycles. The van der Waals surface area contributed by atoms with Crippen molar-refractivity contribution in [2.45, 2.75) is 18.4 Å². The Morgan fingerprint density at radius 3 is 2.44 bits per heavy atom. The fourth-order valence-corrected chi connectivity index (χ4v) is 4.91. The SMILES string of the molecule is CCOc1ccc(/C=N\NC(=O)CN(Cc2ccccc2Cl)S(=O)(=O)c2ccc(Cl)cc2)cc1OC. The average molecular weight is 550 g/mol. The second-order valence-corrected chi connectivity index (χ2v) is 10.2. The molecule has 0 saturated heterocycles. The predicted molar refractivity (Wildman–Crippen MR) is 140 cm³/mol. The fourth-order valence-electron chi connectivity index (χ4n) is 3.21. The van der Waals surface area contributed by atoms with Crippen molar-refractivity contribution < 1.29 is 22.7 Å². The molecule has 0 aliphatic heterocycles. The zero-order valence-corrected chi connectivity index (χ0v) is 22.0. The quantitative estimate of drug-likeness (QED) is 0.275. The first-order chi connectivity index (χ1) is 17.2. The van der Waals surface area contributed by atoms with E-state index in [-0.39, 0.29) is 11.4 Å². The van der Waals surface area contributed by atoms with Gasteiger partial charge in [-0.3, -0.25) is 4.79 Å². The van der Waals surface area contributed by atoms with Crippen LogP contribution in [0.3, 0.4) is 0 Å². The molecule has 3 rings (SSSR count). The first kappa shape index (κ1) is 27.5. The van der Waals surface area contributed by atoms with E-state index in [0.29, 0.717) is 39.3 Å². The zero-order chi connectivity index (χ0) is 26.1. The molecule has 8 nitrogen and oxygen atoms in total. The molecule has 11 heteroatoms. The van der Waals surface area contributed by atoms with Crippen LogP contribution in [0.25, 0.3) is 0 Å². The van der Waals surface area contributed by atoms with Crippen molar-refractivity contribution in [3.8, 4) is 11.5 Å². The molecule has 0 spiro atoms. The Kier molecular flexibility index (Phi) is 9.72. The number of nitrogens with zero attached hydrogens (tertiary/aromatic N) is 2. The molecule has 3 aromatic carbocycles. The predicted octanol–water partition coefficient (Wildman–Crippen LogP) is 4.74. The summed E-state index contributed by atoms with van der Waals surface area (Å²) in [5.41, 5.74) is 3.57. The number of methoxy groups -OCH3 is 1. The van der Waals surface area contributed by atoms with Crippen LogP contribution in [0.2, 0.25) is 10.0 Å². The summed E-state index contributed by atoms with van der Waals surface area (Å²) in [6.07, 6.45) is 1.42. The summed E-state index contributed by atoms with van der Waals surface area (Å²) < 4.78 is 38.5. The summed E-state index contributed by atoms with van der Waals surface area (Å²) in [5, 5.41) is 4.73. The fraction of sp³-hybridized carbons (Fsp3) is 0.200. The third kappa shape index (κ3) is 7.20. The lowest BCUT2D eigenvalue weighted by Crippen LogP contribution is -2.39. The van der Waals surface area contributed by atoms with Crippen LogP contribution in [0.1, 0.15) is 18.1 Å². The molecule has 1 amide bonds. The standard InChI is InChI=1S/C25H25Cl2N3O5S/c1-3-35-23-13-8-18(14-24(23)34-2)15-28-29-25(31)17-30(16-19-6-4-5-7-22(19)27)36(32,33)21-11-9-20(26)10-12-21/h4-15H,3,16-17H2,1-2H3,(H,29,31)/b28-15-. The van der Waals surface area contributed by atoms with E-state index in [1.54, 1.807) is 42.5 Å². The number of rotatable bonds is 11. The Labute approximate surface area is 220 Å². The van der Waals surface area contributed by atoms with Crippen molar-refractivity contribution in [3.05, 3.63) is 87.9 Å². The first-order valence-electron chi connectivity index (χ1n) is 10.9. The van der Waals surface area contributed by atoms with Gasteiger partial charge in [-0.2, -0.15) is 9.41 Å². The number of halogens is 2. The smallest absolute Gasteiger partial charge is 0.255 e. The molecular formula is C25H25Cl2N3O5S. The van der Waals surface area contributed by atoms with E-state index >= 15 is 0 Å². The number of ether oxygens (including phenoxy) is 2. The molecule has 0 aliphatic rings.